The molecule has 1 saturated heterocycles. The van der Waals surface area contributed by atoms with Crippen LogP contribution in [0.4, 0.5) is 14.6 Å². The van der Waals surface area contributed by atoms with Gasteiger partial charge in [-0.1, -0.05) is 0 Å². The van der Waals surface area contributed by atoms with Crippen molar-refractivity contribution in [3.05, 3.63) is 65.0 Å². The minimum absolute atomic E-state index is 0.0698. The minimum atomic E-state index is -0.865. The maximum atomic E-state index is 14.6. The summed E-state index contributed by atoms with van der Waals surface area (Å²) in [6.07, 6.45) is 1.77. The second kappa shape index (κ2) is 11.2. The van der Waals surface area contributed by atoms with E-state index >= 15 is 0 Å². The molecular formula is C27H26F2N6O5. The number of hydrogen-bond acceptors (Lipinski definition) is 8. The van der Waals surface area contributed by atoms with Crippen molar-refractivity contribution in [1.82, 2.24) is 24.9 Å². The van der Waals surface area contributed by atoms with Crippen molar-refractivity contribution in [1.29, 1.82) is 0 Å². The predicted octanol–water partition coefficient (Wildman–Crippen LogP) is 3.44. The molecule has 11 nitrogen and oxygen atoms in total. The normalized spacial score (nSPS) is 14.8. The number of pyridine rings is 1. The maximum Gasteiger partial charge on any atom is 0.257 e. The molecule has 1 aromatic carbocycles. The van der Waals surface area contributed by atoms with E-state index in [0.717, 1.165) is 12.1 Å². The number of hydrogen-bond donors (Lipinski definition) is 2. The third-order valence-electron chi connectivity index (χ3n) is 6.21. The molecule has 1 fully saturated rings. The molecule has 4 aromatic rings. The number of carbonyl (C=O) groups is 2. The van der Waals surface area contributed by atoms with Crippen LogP contribution in [0.15, 0.2) is 36.5 Å². The molecule has 5 rings (SSSR count). The zero-order valence-corrected chi connectivity index (χ0v) is 22.0. The number of nitrogens with zero attached hydrogens (tertiary/aromatic N) is 4. The summed E-state index contributed by atoms with van der Waals surface area (Å²) in [5.41, 5.74) is 2.32. The van der Waals surface area contributed by atoms with Crippen molar-refractivity contribution >= 4 is 23.3 Å². The number of carbonyl (C=O) groups excluding carboxylic acids is 2. The van der Waals surface area contributed by atoms with E-state index in [4.69, 9.17) is 14.2 Å². The summed E-state index contributed by atoms with van der Waals surface area (Å²) in [5, 5.41) is 9.83. The monoisotopic (exact) mass is 552 g/mol. The zero-order chi connectivity index (χ0) is 28.4. The van der Waals surface area contributed by atoms with Crippen LogP contribution in [0.1, 0.15) is 35.0 Å². The number of aromatic nitrogens is 4. The van der Waals surface area contributed by atoms with Gasteiger partial charge in [-0.25, -0.2) is 23.3 Å². The average Bonchev–Trinajstić information content (AvgIpc) is 3.57. The SMILES string of the molecule is COc1nc(C)c(-c2ccc3nc(NC(C)=O)cn3n2)cc1C(=O)NCc1cc(F)cc(F)c1O[C@H]1CCOC1. The molecule has 3 aromatic heterocycles. The fourth-order valence-electron chi connectivity index (χ4n) is 4.35. The van der Waals surface area contributed by atoms with Crippen LogP contribution in [0.3, 0.4) is 0 Å². The number of imidazole rings is 1. The molecule has 1 atom stereocenters. The summed E-state index contributed by atoms with van der Waals surface area (Å²) in [5.74, 6) is -2.22. The number of methoxy groups -OCH3 is 1. The first kappa shape index (κ1) is 26.9. The standard InChI is InChI=1S/C27H26F2N6O5/c1-14-19(22-4-5-24-33-23(32-15(2)36)12-35(24)34-22)10-20(27(31-14)38-3)26(37)30-11-16-8-17(28)9-21(29)25(16)40-18-6-7-39-13-18/h4-5,8-10,12,18H,6-7,11,13H2,1-3H3,(H,30,37)(H,32,36)/t18-/m0/s1. The topological polar surface area (TPSA) is 129 Å². The number of fused-ring (bicyclic) bond motifs is 1. The molecule has 0 aliphatic carbocycles. The van der Waals surface area contributed by atoms with Crippen molar-refractivity contribution < 1.29 is 32.6 Å². The quantitative estimate of drug-likeness (QED) is 0.340. The Hall–Kier alpha value is -4.65. The molecule has 40 heavy (non-hydrogen) atoms. The Balaban J connectivity index is 1.42. The van der Waals surface area contributed by atoms with E-state index < -0.39 is 17.5 Å². The van der Waals surface area contributed by atoms with Gasteiger partial charge in [0.05, 0.1) is 37.9 Å². The zero-order valence-electron chi connectivity index (χ0n) is 22.0. The van der Waals surface area contributed by atoms with Crippen LogP contribution in [0.5, 0.6) is 11.6 Å². The van der Waals surface area contributed by atoms with Crippen LogP contribution in [0.2, 0.25) is 0 Å². The van der Waals surface area contributed by atoms with E-state index in [-0.39, 0.29) is 41.3 Å². The number of ether oxygens (including phenoxy) is 3. The molecule has 1 aliphatic rings. The Kier molecular flexibility index (Phi) is 7.56. The van der Waals surface area contributed by atoms with Crippen LogP contribution < -0.4 is 20.1 Å². The second-order valence-corrected chi connectivity index (χ2v) is 9.17. The number of anilines is 1. The van der Waals surface area contributed by atoms with Gasteiger partial charge in [-0.15, -0.1) is 0 Å². The molecule has 208 valence electrons. The molecule has 1 aliphatic heterocycles. The van der Waals surface area contributed by atoms with E-state index in [1.165, 1.54) is 18.5 Å². The maximum absolute atomic E-state index is 14.6. The molecule has 0 bridgehead atoms. The lowest BCUT2D eigenvalue weighted by Crippen LogP contribution is -2.25. The highest BCUT2D eigenvalue weighted by Gasteiger charge is 2.23. The van der Waals surface area contributed by atoms with Crippen molar-refractivity contribution in [2.75, 3.05) is 25.6 Å². The number of nitrogens with one attached hydrogen (secondary N) is 2. The lowest BCUT2D eigenvalue weighted by atomic mass is 10.1. The lowest BCUT2D eigenvalue weighted by molar-refractivity contribution is -0.114. The lowest BCUT2D eigenvalue weighted by Gasteiger charge is -2.17. The smallest absolute Gasteiger partial charge is 0.257 e. The predicted molar refractivity (Wildman–Crippen MR) is 139 cm³/mol. The Morgan fingerprint density at radius 2 is 2.02 bits per heavy atom. The highest BCUT2D eigenvalue weighted by molar-refractivity contribution is 5.97. The van der Waals surface area contributed by atoms with Crippen LogP contribution >= 0.6 is 0 Å². The third-order valence-corrected chi connectivity index (χ3v) is 6.21. The van der Waals surface area contributed by atoms with Crippen molar-refractivity contribution in [3.8, 4) is 22.9 Å². The van der Waals surface area contributed by atoms with E-state index in [2.05, 4.69) is 25.7 Å². The van der Waals surface area contributed by atoms with Gasteiger partial charge in [0.15, 0.2) is 23.0 Å². The summed E-state index contributed by atoms with van der Waals surface area (Å²) in [4.78, 5) is 33.4. The highest BCUT2D eigenvalue weighted by atomic mass is 19.1. The molecule has 4 heterocycles. The molecule has 0 unspecified atom stereocenters. The Bertz CT molecular complexity index is 1600. The largest absolute Gasteiger partial charge is 0.484 e. The van der Waals surface area contributed by atoms with Gasteiger partial charge < -0.3 is 24.8 Å². The summed E-state index contributed by atoms with van der Waals surface area (Å²) >= 11 is 0. The van der Waals surface area contributed by atoms with Crippen molar-refractivity contribution in [2.24, 2.45) is 0 Å². The first-order chi connectivity index (χ1) is 19.2. The number of aryl methyl sites for hydroxylation is 1. The third kappa shape index (κ3) is 5.69. The Morgan fingerprint density at radius 1 is 1.20 bits per heavy atom. The highest BCUT2D eigenvalue weighted by Crippen LogP contribution is 2.29. The first-order valence-electron chi connectivity index (χ1n) is 12.4. The minimum Gasteiger partial charge on any atom is -0.484 e. The molecule has 0 radical (unpaired) electrons. The van der Waals surface area contributed by atoms with E-state index in [1.54, 1.807) is 31.3 Å². The molecule has 13 heteroatoms. The van der Waals surface area contributed by atoms with Gasteiger partial charge in [-0.05, 0) is 31.2 Å². The van der Waals surface area contributed by atoms with Gasteiger partial charge in [0.25, 0.3) is 5.91 Å². The number of halogens is 2. The van der Waals surface area contributed by atoms with E-state index in [1.807, 2.05) is 0 Å². The van der Waals surface area contributed by atoms with Gasteiger partial charge in [-0.3, -0.25) is 9.59 Å². The van der Waals surface area contributed by atoms with E-state index in [0.29, 0.717) is 48.1 Å². The first-order valence-corrected chi connectivity index (χ1v) is 12.4. The fraction of sp³-hybridized carbons (Fsp3) is 0.296. The molecule has 0 spiro atoms. The molecule has 0 saturated carbocycles. The van der Waals surface area contributed by atoms with Gasteiger partial charge in [0.1, 0.15) is 17.5 Å². The van der Waals surface area contributed by atoms with Crippen LogP contribution in [-0.4, -0.2) is 57.8 Å². The van der Waals surface area contributed by atoms with Crippen molar-refractivity contribution in [3.63, 3.8) is 0 Å². The molecular weight excluding hydrogens is 526 g/mol. The summed E-state index contributed by atoms with van der Waals surface area (Å²) in [6, 6.07) is 6.86. The fourth-order valence-corrected chi connectivity index (χ4v) is 4.35. The van der Waals surface area contributed by atoms with Gasteiger partial charge in [-0.2, -0.15) is 5.10 Å². The number of rotatable bonds is 8. The number of amides is 2. The molecule has 2 amide bonds. The van der Waals surface area contributed by atoms with Gasteiger partial charge >= 0.3 is 0 Å². The summed E-state index contributed by atoms with van der Waals surface area (Å²) < 4.78 is 46.5. The average molecular weight is 553 g/mol. The van der Waals surface area contributed by atoms with Gasteiger partial charge in [0, 0.05) is 37.1 Å². The summed E-state index contributed by atoms with van der Waals surface area (Å²) in [6.45, 7) is 3.69. The van der Waals surface area contributed by atoms with Crippen LogP contribution in [0.25, 0.3) is 16.9 Å². The number of benzene rings is 1. The van der Waals surface area contributed by atoms with Crippen molar-refractivity contribution in [2.45, 2.75) is 32.9 Å². The van der Waals surface area contributed by atoms with Crippen LogP contribution in [0, 0.1) is 18.6 Å². The Morgan fingerprint density at radius 3 is 2.75 bits per heavy atom. The second-order valence-electron chi connectivity index (χ2n) is 9.17. The Labute approximate surface area is 227 Å². The van der Waals surface area contributed by atoms with Crippen LogP contribution in [-0.2, 0) is 16.1 Å². The van der Waals surface area contributed by atoms with E-state index in [9.17, 15) is 18.4 Å². The molecule has 2 N–H and O–H groups in total. The van der Waals surface area contributed by atoms with Gasteiger partial charge in [0.2, 0.25) is 11.8 Å². The summed E-state index contributed by atoms with van der Waals surface area (Å²) in [7, 11) is 1.38.